The van der Waals surface area contributed by atoms with Crippen molar-refractivity contribution in [3.05, 3.63) is 11.8 Å². The van der Waals surface area contributed by atoms with Gasteiger partial charge in [-0.2, -0.15) is 9.97 Å². The van der Waals surface area contributed by atoms with Crippen LogP contribution in [0.3, 0.4) is 0 Å². The van der Waals surface area contributed by atoms with E-state index >= 15 is 0 Å². The highest BCUT2D eigenvalue weighted by Gasteiger charge is 2.18. The van der Waals surface area contributed by atoms with Crippen molar-refractivity contribution in [2.45, 2.75) is 12.1 Å². The van der Waals surface area contributed by atoms with Gasteiger partial charge in [0.25, 0.3) is 20.0 Å². The minimum Gasteiger partial charge on any atom is -0.481 e. The highest BCUT2D eigenvalue weighted by molar-refractivity contribution is 8.13. The molecule has 2 aromatic rings. The number of ether oxygens (including phenoxy) is 1. The summed E-state index contributed by atoms with van der Waals surface area (Å²) in [6.07, 6.45) is 1.56. The molecule has 0 spiro atoms. The minimum absolute atomic E-state index is 0.113. The second-order valence-corrected chi connectivity index (χ2v) is 5.47. The van der Waals surface area contributed by atoms with Gasteiger partial charge in [-0.3, -0.25) is 0 Å². The lowest BCUT2D eigenvalue weighted by Crippen LogP contribution is -1.97. The second kappa shape index (κ2) is 3.56. The molecule has 0 aliphatic rings. The zero-order valence-electron chi connectivity index (χ0n) is 8.38. The van der Waals surface area contributed by atoms with E-state index in [0.717, 1.165) is 0 Å². The van der Waals surface area contributed by atoms with E-state index in [1.54, 1.807) is 13.1 Å². The quantitative estimate of drug-likeness (QED) is 0.727. The Labute approximate surface area is 95.5 Å². The lowest BCUT2D eigenvalue weighted by atomic mass is 10.4. The van der Waals surface area contributed by atoms with Crippen molar-refractivity contribution in [3.8, 4) is 5.88 Å². The molecule has 0 amide bonds. The summed E-state index contributed by atoms with van der Waals surface area (Å²) in [5, 5.41) is 3.21. The number of hydrogen-bond acceptors (Lipinski definition) is 6. The van der Waals surface area contributed by atoms with Crippen LogP contribution in [0.25, 0.3) is 5.78 Å². The molecule has 0 unspecified atom stereocenters. The first-order chi connectivity index (χ1) is 7.41. The average molecular weight is 263 g/mol. The van der Waals surface area contributed by atoms with Crippen LogP contribution in [0.15, 0.2) is 11.4 Å². The third kappa shape index (κ3) is 1.81. The highest BCUT2D eigenvalue weighted by atomic mass is 35.7. The van der Waals surface area contributed by atoms with Crippen LogP contribution in [0, 0.1) is 6.92 Å². The van der Waals surface area contributed by atoms with E-state index in [1.807, 2.05) is 0 Å². The highest BCUT2D eigenvalue weighted by Crippen LogP contribution is 2.16. The number of nitrogens with zero attached hydrogens (tertiary/aromatic N) is 4. The van der Waals surface area contributed by atoms with Crippen molar-refractivity contribution in [2.24, 2.45) is 0 Å². The topological polar surface area (TPSA) is 86.5 Å². The molecule has 2 aromatic heterocycles. The number of aromatic nitrogens is 4. The summed E-state index contributed by atoms with van der Waals surface area (Å²) in [5.74, 6) is 0.472. The molecule has 0 aliphatic carbocycles. The first-order valence-corrected chi connectivity index (χ1v) is 6.45. The van der Waals surface area contributed by atoms with E-state index in [4.69, 9.17) is 15.4 Å². The second-order valence-electron chi connectivity index (χ2n) is 3.01. The molecule has 7 nitrogen and oxygen atoms in total. The Morgan fingerprint density at radius 2 is 2.12 bits per heavy atom. The van der Waals surface area contributed by atoms with Crippen molar-refractivity contribution in [2.75, 3.05) is 7.11 Å². The van der Waals surface area contributed by atoms with Gasteiger partial charge in [0.05, 0.1) is 7.11 Å². The van der Waals surface area contributed by atoms with Crippen LogP contribution in [0.5, 0.6) is 5.88 Å². The lowest BCUT2D eigenvalue weighted by molar-refractivity contribution is 0.394. The smallest absolute Gasteiger partial charge is 0.298 e. The van der Waals surface area contributed by atoms with E-state index in [1.165, 1.54) is 11.6 Å². The van der Waals surface area contributed by atoms with Gasteiger partial charge in [-0.25, -0.2) is 12.9 Å². The largest absolute Gasteiger partial charge is 0.481 e. The molecule has 0 atom stereocenters. The average Bonchev–Trinajstić information content (AvgIpc) is 2.58. The van der Waals surface area contributed by atoms with Crippen LogP contribution < -0.4 is 4.74 Å². The number of methoxy groups -OCH3 is 1. The number of aryl methyl sites for hydroxylation is 1. The lowest BCUT2D eigenvalue weighted by Gasteiger charge is -2.01. The summed E-state index contributed by atoms with van der Waals surface area (Å²) in [6.45, 7) is 1.75. The van der Waals surface area contributed by atoms with Gasteiger partial charge < -0.3 is 4.74 Å². The summed E-state index contributed by atoms with van der Waals surface area (Å²) in [6, 6.07) is 0. The Kier molecular flexibility index (Phi) is 2.47. The van der Waals surface area contributed by atoms with Crippen LogP contribution in [-0.4, -0.2) is 35.1 Å². The van der Waals surface area contributed by atoms with Crippen molar-refractivity contribution in [3.63, 3.8) is 0 Å². The van der Waals surface area contributed by atoms with E-state index in [2.05, 4.69) is 15.1 Å². The predicted octanol–water partition coefficient (Wildman–Crippen LogP) is 0.369. The number of hydrogen-bond donors (Lipinski definition) is 0. The molecule has 0 fully saturated rings. The Morgan fingerprint density at radius 3 is 2.69 bits per heavy atom. The molecule has 2 rings (SSSR count). The monoisotopic (exact) mass is 262 g/mol. The van der Waals surface area contributed by atoms with Crippen molar-refractivity contribution in [1.82, 2.24) is 19.6 Å². The Balaban J connectivity index is 2.72. The van der Waals surface area contributed by atoms with Crippen LogP contribution in [0.1, 0.15) is 5.56 Å². The zero-order valence-corrected chi connectivity index (χ0v) is 9.95. The first-order valence-electron chi connectivity index (χ1n) is 4.14. The molecule has 0 N–H and O–H groups in total. The number of halogens is 1. The van der Waals surface area contributed by atoms with E-state index in [9.17, 15) is 8.42 Å². The van der Waals surface area contributed by atoms with Crippen molar-refractivity contribution >= 4 is 25.5 Å². The molecule has 9 heteroatoms. The molecule has 0 radical (unpaired) electrons. The van der Waals surface area contributed by atoms with Gasteiger partial charge in [0.1, 0.15) is 0 Å². The fourth-order valence-electron chi connectivity index (χ4n) is 1.19. The Bertz CT molecular complexity index is 651. The van der Waals surface area contributed by atoms with Crippen LogP contribution in [-0.2, 0) is 9.05 Å². The molecule has 0 aromatic carbocycles. The van der Waals surface area contributed by atoms with Crippen LogP contribution in [0.4, 0.5) is 0 Å². The van der Waals surface area contributed by atoms with Crippen LogP contribution >= 0.6 is 10.7 Å². The summed E-state index contributed by atoms with van der Waals surface area (Å²) in [7, 11) is 2.63. The standard InChI is InChI=1S/C7H7ClN4O3S/c1-4-3-12-6(9-5(4)15-2)10-7(11-12)16(8,13)14/h3H,1-2H3. The third-order valence-corrected chi connectivity index (χ3v) is 2.88. The number of rotatable bonds is 2. The fraction of sp³-hybridized carbons (Fsp3) is 0.286. The van der Waals surface area contributed by atoms with Gasteiger partial charge in [-0.05, 0) is 6.92 Å². The Morgan fingerprint density at radius 1 is 1.44 bits per heavy atom. The molecule has 0 saturated heterocycles. The van der Waals surface area contributed by atoms with E-state index in [-0.39, 0.29) is 5.78 Å². The maximum absolute atomic E-state index is 11.0. The fourth-order valence-corrected chi connectivity index (χ4v) is 1.76. The molecule has 0 aliphatic heterocycles. The maximum atomic E-state index is 11.0. The molecule has 0 bridgehead atoms. The summed E-state index contributed by atoms with van der Waals surface area (Å²) in [4.78, 5) is 7.65. The number of fused-ring (bicyclic) bond motifs is 1. The molecule has 16 heavy (non-hydrogen) atoms. The van der Waals surface area contributed by atoms with E-state index < -0.39 is 14.2 Å². The molecule has 86 valence electrons. The normalized spacial score (nSPS) is 11.9. The van der Waals surface area contributed by atoms with Crippen molar-refractivity contribution < 1.29 is 13.2 Å². The van der Waals surface area contributed by atoms with Gasteiger partial charge in [0.2, 0.25) is 5.88 Å². The SMILES string of the molecule is COc1nc2nc(S(=O)(=O)Cl)nn2cc1C. The van der Waals surface area contributed by atoms with Gasteiger partial charge in [0.15, 0.2) is 0 Å². The Hall–Kier alpha value is -1.41. The summed E-state index contributed by atoms with van der Waals surface area (Å²) >= 11 is 0. The van der Waals surface area contributed by atoms with Crippen LogP contribution in [0.2, 0.25) is 0 Å². The van der Waals surface area contributed by atoms with E-state index in [0.29, 0.717) is 11.4 Å². The minimum atomic E-state index is -3.95. The predicted molar refractivity (Wildman–Crippen MR) is 55.1 cm³/mol. The van der Waals surface area contributed by atoms with Gasteiger partial charge in [-0.15, -0.1) is 5.10 Å². The van der Waals surface area contributed by atoms with Gasteiger partial charge in [-0.1, -0.05) is 0 Å². The molecular formula is C7H7ClN4O3S. The first kappa shape index (κ1) is 11.1. The van der Waals surface area contributed by atoms with Crippen molar-refractivity contribution in [1.29, 1.82) is 0 Å². The maximum Gasteiger partial charge on any atom is 0.298 e. The molecule has 0 saturated carbocycles. The summed E-state index contributed by atoms with van der Waals surface area (Å²) < 4.78 is 28.2. The van der Waals surface area contributed by atoms with Gasteiger partial charge in [0, 0.05) is 22.4 Å². The molecule has 2 heterocycles. The molecular weight excluding hydrogens is 256 g/mol. The van der Waals surface area contributed by atoms with Gasteiger partial charge >= 0.3 is 0 Å². The summed E-state index contributed by atoms with van der Waals surface area (Å²) in [5.41, 5.74) is 0.707. The third-order valence-electron chi connectivity index (χ3n) is 1.86. The zero-order chi connectivity index (χ0) is 11.9.